The van der Waals surface area contributed by atoms with Gasteiger partial charge in [-0.25, -0.2) is 0 Å². The Bertz CT molecular complexity index is 575. The highest BCUT2D eigenvalue weighted by molar-refractivity contribution is 5.92. The van der Waals surface area contributed by atoms with Crippen LogP contribution in [0.15, 0.2) is 30.3 Å². The van der Waals surface area contributed by atoms with Gasteiger partial charge in [-0.1, -0.05) is 18.2 Å². The average Bonchev–Trinajstić information content (AvgIpc) is 2.55. The number of likely N-dealkylation sites (tertiary alicyclic amines) is 1. The lowest BCUT2D eigenvalue weighted by atomic mass is 10.0. The number of benzene rings is 1. The molecule has 5 nitrogen and oxygen atoms in total. The average molecular weight is 316 g/mol. The molecule has 1 heterocycles. The van der Waals surface area contributed by atoms with Crippen molar-refractivity contribution in [1.29, 1.82) is 0 Å². The third-order valence-corrected chi connectivity index (χ3v) is 3.92. The molecule has 0 bridgehead atoms. The highest BCUT2D eigenvalue weighted by atomic mass is 16.5. The van der Waals surface area contributed by atoms with E-state index in [1.54, 1.807) is 13.0 Å². The number of carbonyl (C=O) groups excluding carboxylic acids is 2. The number of nitrogens with one attached hydrogen (secondary N) is 1. The maximum atomic E-state index is 12.0. The zero-order valence-electron chi connectivity index (χ0n) is 13.7. The molecule has 0 aliphatic carbocycles. The van der Waals surface area contributed by atoms with Crippen LogP contribution in [0.5, 0.6) is 5.75 Å². The van der Waals surface area contributed by atoms with Gasteiger partial charge in [0.05, 0.1) is 6.61 Å². The molecule has 1 aromatic carbocycles. The van der Waals surface area contributed by atoms with Crippen LogP contribution in [0, 0.1) is 0 Å². The van der Waals surface area contributed by atoms with Gasteiger partial charge in [0.25, 0.3) is 0 Å². The molecule has 1 N–H and O–H groups in total. The minimum atomic E-state index is -0.113. The van der Waals surface area contributed by atoms with E-state index in [1.165, 1.54) is 6.08 Å². The normalized spacial score (nSPS) is 15.7. The Labute approximate surface area is 137 Å². The lowest BCUT2D eigenvalue weighted by Gasteiger charge is -2.31. The maximum Gasteiger partial charge on any atom is 0.244 e. The molecular formula is C18H24N2O3. The van der Waals surface area contributed by atoms with Gasteiger partial charge in [0, 0.05) is 37.7 Å². The summed E-state index contributed by atoms with van der Waals surface area (Å²) in [7, 11) is 0. The second-order valence-corrected chi connectivity index (χ2v) is 5.59. The molecule has 1 saturated heterocycles. The first-order valence-corrected chi connectivity index (χ1v) is 8.06. The van der Waals surface area contributed by atoms with E-state index in [0.717, 1.165) is 24.2 Å². The maximum absolute atomic E-state index is 12.0. The van der Waals surface area contributed by atoms with Gasteiger partial charge in [-0.05, 0) is 31.9 Å². The van der Waals surface area contributed by atoms with Crippen LogP contribution in [0.4, 0.5) is 0 Å². The van der Waals surface area contributed by atoms with Gasteiger partial charge >= 0.3 is 0 Å². The zero-order valence-corrected chi connectivity index (χ0v) is 13.7. The lowest BCUT2D eigenvalue weighted by molar-refractivity contribution is -0.129. The van der Waals surface area contributed by atoms with Crippen molar-refractivity contribution in [2.75, 3.05) is 19.7 Å². The van der Waals surface area contributed by atoms with E-state index in [2.05, 4.69) is 5.32 Å². The fourth-order valence-corrected chi connectivity index (χ4v) is 2.66. The quantitative estimate of drug-likeness (QED) is 0.848. The van der Waals surface area contributed by atoms with E-state index in [4.69, 9.17) is 4.74 Å². The number of hydrogen-bond donors (Lipinski definition) is 1. The highest BCUT2D eigenvalue weighted by Gasteiger charge is 2.21. The van der Waals surface area contributed by atoms with Crippen molar-refractivity contribution in [3.05, 3.63) is 35.9 Å². The summed E-state index contributed by atoms with van der Waals surface area (Å²) in [5.74, 6) is 0.758. The van der Waals surface area contributed by atoms with Crippen molar-refractivity contribution < 1.29 is 14.3 Å². The van der Waals surface area contributed by atoms with Crippen LogP contribution in [0.1, 0.15) is 32.3 Å². The van der Waals surface area contributed by atoms with Crippen molar-refractivity contribution in [2.45, 2.75) is 32.7 Å². The van der Waals surface area contributed by atoms with Crippen LogP contribution >= 0.6 is 0 Å². The minimum Gasteiger partial charge on any atom is -0.493 e. The molecule has 0 radical (unpaired) electrons. The predicted octanol–water partition coefficient (Wildman–Crippen LogP) is 2.23. The van der Waals surface area contributed by atoms with Gasteiger partial charge in [-0.3, -0.25) is 9.59 Å². The van der Waals surface area contributed by atoms with E-state index in [-0.39, 0.29) is 17.9 Å². The summed E-state index contributed by atoms with van der Waals surface area (Å²) in [6.45, 7) is 5.51. The Morgan fingerprint density at radius 3 is 2.65 bits per heavy atom. The standard InChI is InChI=1S/C18H24N2O3/c1-3-23-17-7-5-4-6-15(17)8-9-18(22)19-16-10-12-20(13-11-16)14(2)21/h4-9,16H,3,10-13H2,1-2H3,(H,19,22). The molecule has 124 valence electrons. The number of para-hydroxylation sites is 1. The Hall–Kier alpha value is -2.30. The summed E-state index contributed by atoms with van der Waals surface area (Å²) >= 11 is 0. The smallest absolute Gasteiger partial charge is 0.244 e. The van der Waals surface area contributed by atoms with Gasteiger partial charge in [0.1, 0.15) is 5.75 Å². The molecule has 0 spiro atoms. The second kappa shape index (κ2) is 8.36. The van der Waals surface area contributed by atoms with Gasteiger partial charge in [0.15, 0.2) is 0 Å². The number of amides is 2. The number of ether oxygens (including phenoxy) is 1. The first-order valence-electron chi connectivity index (χ1n) is 8.06. The molecule has 0 saturated carbocycles. The fourth-order valence-electron chi connectivity index (χ4n) is 2.66. The second-order valence-electron chi connectivity index (χ2n) is 5.59. The number of nitrogens with zero attached hydrogens (tertiary/aromatic N) is 1. The Balaban J connectivity index is 1.87. The number of hydrogen-bond acceptors (Lipinski definition) is 3. The summed E-state index contributed by atoms with van der Waals surface area (Å²) < 4.78 is 5.53. The summed E-state index contributed by atoms with van der Waals surface area (Å²) in [6.07, 6.45) is 4.91. The van der Waals surface area contributed by atoms with E-state index >= 15 is 0 Å². The van der Waals surface area contributed by atoms with Gasteiger partial charge in [0.2, 0.25) is 11.8 Å². The van der Waals surface area contributed by atoms with Gasteiger partial charge in [-0.2, -0.15) is 0 Å². The Morgan fingerprint density at radius 2 is 2.00 bits per heavy atom. The van der Waals surface area contributed by atoms with Crippen LogP contribution in [0.25, 0.3) is 6.08 Å². The summed E-state index contributed by atoms with van der Waals surface area (Å²) in [5.41, 5.74) is 0.885. The molecule has 1 fully saturated rings. The van der Waals surface area contributed by atoms with E-state index < -0.39 is 0 Å². The fraction of sp³-hybridized carbons (Fsp3) is 0.444. The van der Waals surface area contributed by atoms with Crippen LogP contribution in [0.3, 0.4) is 0 Å². The summed E-state index contributed by atoms with van der Waals surface area (Å²) in [6, 6.07) is 7.76. The van der Waals surface area contributed by atoms with Crippen LogP contribution < -0.4 is 10.1 Å². The van der Waals surface area contributed by atoms with Crippen molar-refractivity contribution >= 4 is 17.9 Å². The third kappa shape index (κ3) is 5.13. The molecule has 2 rings (SSSR count). The molecule has 1 aliphatic heterocycles. The highest BCUT2D eigenvalue weighted by Crippen LogP contribution is 2.19. The first-order chi connectivity index (χ1) is 11.1. The molecule has 0 atom stereocenters. The Morgan fingerprint density at radius 1 is 1.30 bits per heavy atom. The van der Waals surface area contributed by atoms with Crippen LogP contribution in [0.2, 0.25) is 0 Å². The number of rotatable bonds is 5. The molecule has 0 unspecified atom stereocenters. The minimum absolute atomic E-state index is 0.0993. The Kier molecular flexibility index (Phi) is 6.20. The number of carbonyl (C=O) groups is 2. The van der Waals surface area contributed by atoms with Crippen LogP contribution in [-0.4, -0.2) is 42.5 Å². The topological polar surface area (TPSA) is 58.6 Å². The molecule has 23 heavy (non-hydrogen) atoms. The molecule has 2 amide bonds. The van der Waals surface area contributed by atoms with Crippen LogP contribution in [-0.2, 0) is 9.59 Å². The largest absolute Gasteiger partial charge is 0.493 e. The SMILES string of the molecule is CCOc1ccccc1C=CC(=O)NC1CCN(C(C)=O)CC1. The van der Waals surface area contributed by atoms with Crippen molar-refractivity contribution in [3.63, 3.8) is 0 Å². The lowest BCUT2D eigenvalue weighted by Crippen LogP contribution is -2.45. The van der Waals surface area contributed by atoms with E-state index in [0.29, 0.717) is 19.7 Å². The third-order valence-electron chi connectivity index (χ3n) is 3.92. The monoisotopic (exact) mass is 316 g/mol. The van der Waals surface area contributed by atoms with Crippen molar-refractivity contribution in [3.8, 4) is 5.75 Å². The predicted molar refractivity (Wildman–Crippen MR) is 90.1 cm³/mol. The van der Waals surface area contributed by atoms with Gasteiger partial charge < -0.3 is 15.0 Å². The van der Waals surface area contributed by atoms with E-state index in [9.17, 15) is 9.59 Å². The molecule has 1 aliphatic rings. The molecule has 1 aromatic rings. The zero-order chi connectivity index (χ0) is 16.7. The van der Waals surface area contributed by atoms with Crippen molar-refractivity contribution in [2.24, 2.45) is 0 Å². The van der Waals surface area contributed by atoms with Crippen molar-refractivity contribution in [1.82, 2.24) is 10.2 Å². The molecule has 0 aromatic heterocycles. The summed E-state index contributed by atoms with van der Waals surface area (Å²) in [4.78, 5) is 25.2. The summed E-state index contributed by atoms with van der Waals surface area (Å²) in [5, 5.41) is 3.00. The van der Waals surface area contributed by atoms with E-state index in [1.807, 2.05) is 36.1 Å². The molecular weight excluding hydrogens is 292 g/mol. The van der Waals surface area contributed by atoms with Gasteiger partial charge in [-0.15, -0.1) is 0 Å². The molecule has 5 heteroatoms. The first kappa shape index (κ1) is 17.1. The number of piperidine rings is 1.